The van der Waals surface area contributed by atoms with Gasteiger partial charge in [-0.2, -0.15) is 11.8 Å². The summed E-state index contributed by atoms with van der Waals surface area (Å²) in [6.45, 7) is 14.0. The number of carbonyl (C=O) groups excluding carboxylic acids is 3. The van der Waals surface area contributed by atoms with Gasteiger partial charge in [0, 0.05) is 35.1 Å². The lowest BCUT2D eigenvalue weighted by molar-refractivity contribution is -0.142. The van der Waals surface area contributed by atoms with Crippen molar-refractivity contribution in [2.45, 2.75) is 83.5 Å². The maximum atomic E-state index is 13.7. The van der Waals surface area contributed by atoms with E-state index in [0.29, 0.717) is 44.7 Å². The topological polar surface area (TPSA) is 119 Å². The van der Waals surface area contributed by atoms with Crippen molar-refractivity contribution in [3.63, 3.8) is 0 Å². The minimum absolute atomic E-state index is 0.111. The van der Waals surface area contributed by atoms with Crippen LogP contribution in [-0.4, -0.2) is 76.7 Å². The quantitative estimate of drug-likeness (QED) is 0.183. The smallest absolute Gasteiger partial charge is 0.508 e. The summed E-state index contributed by atoms with van der Waals surface area (Å²) in [5.74, 6) is 0.604. The van der Waals surface area contributed by atoms with E-state index in [9.17, 15) is 14.4 Å². The summed E-state index contributed by atoms with van der Waals surface area (Å²) in [7, 11) is 0.512. The summed E-state index contributed by atoms with van der Waals surface area (Å²) in [6, 6.07) is 1.09. The first-order valence-electron chi connectivity index (χ1n) is 13.5. The number of rotatable bonds is 6. The fourth-order valence-electron chi connectivity index (χ4n) is 3.79. The van der Waals surface area contributed by atoms with Gasteiger partial charge >= 0.3 is 18.1 Å². The van der Waals surface area contributed by atoms with E-state index in [1.54, 1.807) is 13.8 Å². The molecule has 2 rings (SSSR count). The highest BCUT2D eigenvalue weighted by Crippen LogP contribution is 2.42. The number of hydrogen-bond donors (Lipinski definition) is 1. The Morgan fingerprint density at radius 3 is 2.49 bits per heavy atom. The van der Waals surface area contributed by atoms with Crippen LogP contribution in [-0.2, 0) is 29.5 Å². The zero-order valence-electron chi connectivity index (χ0n) is 25.5. The first kappa shape index (κ1) is 34.7. The van der Waals surface area contributed by atoms with Crippen molar-refractivity contribution in [2.75, 3.05) is 33.2 Å². The predicted molar refractivity (Wildman–Crippen MR) is 165 cm³/mol. The number of benzene rings is 1. The van der Waals surface area contributed by atoms with Crippen LogP contribution in [0.5, 0.6) is 11.5 Å². The van der Waals surface area contributed by atoms with Crippen LogP contribution in [0.4, 0.5) is 4.79 Å². The first-order valence-corrected chi connectivity index (χ1v) is 18.0. The number of ether oxygens (including phenoxy) is 5. The van der Waals surface area contributed by atoms with Crippen LogP contribution < -0.4 is 14.5 Å². The van der Waals surface area contributed by atoms with Crippen molar-refractivity contribution < 1.29 is 42.5 Å². The normalized spacial score (nSPS) is 19.0. The third kappa shape index (κ3) is 9.50. The van der Waals surface area contributed by atoms with Gasteiger partial charge in [-0.15, -0.1) is 0 Å². The molecular weight excluding hydrogens is 587 g/mol. The average molecular weight is 630 g/mol. The first-order chi connectivity index (χ1) is 19.1. The molecule has 1 N–H and O–H groups in total. The zero-order chi connectivity index (χ0) is 31.0. The molecule has 230 valence electrons. The second-order valence-electron chi connectivity index (χ2n) is 11.1. The molecule has 1 aromatic carbocycles. The van der Waals surface area contributed by atoms with E-state index in [-0.39, 0.29) is 31.1 Å². The number of thioether (sulfide) groups is 1. The number of esters is 2. The van der Waals surface area contributed by atoms with Crippen molar-refractivity contribution >= 4 is 55.4 Å². The Morgan fingerprint density at radius 1 is 1.22 bits per heavy atom. The number of hydrogen-bond acceptors (Lipinski definition) is 11. The summed E-state index contributed by atoms with van der Waals surface area (Å²) < 4.78 is 33.4. The van der Waals surface area contributed by atoms with E-state index >= 15 is 0 Å². The Labute approximate surface area is 253 Å². The molecule has 0 saturated heterocycles. The molecule has 13 heteroatoms. The van der Waals surface area contributed by atoms with Gasteiger partial charge in [0.05, 0.1) is 31.4 Å². The molecule has 0 spiro atoms. The van der Waals surface area contributed by atoms with Crippen molar-refractivity contribution in [1.82, 2.24) is 5.32 Å². The number of thiocarbonyl (C=S) groups is 1. The Kier molecular flexibility index (Phi) is 12.8. The molecule has 41 heavy (non-hydrogen) atoms. The third-order valence-corrected chi connectivity index (χ3v) is 12.9. The number of cyclic esters (lactones) is 1. The van der Waals surface area contributed by atoms with Crippen molar-refractivity contribution in [3.05, 3.63) is 22.8 Å². The zero-order valence-corrected chi connectivity index (χ0v) is 28.1. The van der Waals surface area contributed by atoms with Gasteiger partial charge in [0.15, 0.2) is 0 Å². The van der Waals surface area contributed by atoms with Gasteiger partial charge in [-0.3, -0.25) is 0 Å². The minimum Gasteiger partial charge on any atom is -0.543 e. The van der Waals surface area contributed by atoms with Gasteiger partial charge in [-0.1, -0.05) is 33.0 Å². The molecule has 0 radical (unpaired) electrons. The lowest BCUT2D eigenvalue weighted by atomic mass is 10.0. The summed E-state index contributed by atoms with van der Waals surface area (Å²) in [6.07, 6.45) is -1.18. The Hall–Kier alpha value is -2.51. The van der Waals surface area contributed by atoms with Crippen molar-refractivity contribution in [1.29, 1.82) is 0 Å². The molecule has 1 aliphatic heterocycles. The molecule has 0 aromatic heterocycles. The van der Waals surface area contributed by atoms with E-state index in [0.717, 1.165) is 0 Å². The Morgan fingerprint density at radius 2 is 1.90 bits per heavy atom. The van der Waals surface area contributed by atoms with Crippen LogP contribution in [0.3, 0.4) is 0 Å². The summed E-state index contributed by atoms with van der Waals surface area (Å²) >= 11 is 6.91. The molecule has 0 saturated carbocycles. The molecule has 0 bridgehead atoms. The summed E-state index contributed by atoms with van der Waals surface area (Å²) in [4.78, 5) is 38.8. The van der Waals surface area contributed by atoms with E-state index in [1.165, 1.54) is 26.0 Å². The SMILES string of the molecule is CCOC(=O)O[C@@H]1CCC(=S)N[C@H](C(=O)OC)CSCc2c(O[Si](C)(C)C(C)(C)C)cc(OC)c(C)c2C(=O)OC1. The minimum atomic E-state index is -2.34. The highest BCUT2D eigenvalue weighted by atomic mass is 32.2. The lowest BCUT2D eigenvalue weighted by Gasteiger charge is -2.37. The fraction of sp³-hybridized carbons (Fsp3) is 0.643. The molecule has 2 atom stereocenters. The molecule has 0 amide bonds. The lowest BCUT2D eigenvalue weighted by Crippen LogP contribution is -2.44. The number of carbonyl (C=O) groups is 3. The van der Waals surface area contributed by atoms with Crippen LogP contribution >= 0.6 is 24.0 Å². The van der Waals surface area contributed by atoms with Crippen LogP contribution in [0.1, 0.15) is 62.0 Å². The molecule has 0 aliphatic carbocycles. The van der Waals surface area contributed by atoms with E-state index in [2.05, 4.69) is 39.2 Å². The summed E-state index contributed by atoms with van der Waals surface area (Å²) in [5.41, 5.74) is 1.54. The van der Waals surface area contributed by atoms with Crippen molar-refractivity contribution in [2.24, 2.45) is 0 Å². The van der Waals surface area contributed by atoms with Crippen LogP contribution in [0.25, 0.3) is 0 Å². The molecule has 10 nitrogen and oxygen atoms in total. The number of fused-ring (bicyclic) bond motifs is 1. The number of methoxy groups -OCH3 is 2. The molecule has 1 aliphatic rings. The van der Waals surface area contributed by atoms with Gasteiger partial charge < -0.3 is 33.4 Å². The third-order valence-electron chi connectivity index (χ3n) is 7.17. The molecule has 1 heterocycles. The monoisotopic (exact) mass is 629 g/mol. The van der Waals surface area contributed by atoms with Gasteiger partial charge in [0.2, 0.25) is 8.32 Å². The number of nitrogens with one attached hydrogen (secondary N) is 1. The largest absolute Gasteiger partial charge is 0.543 e. The van der Waals surface area contributed by atoms with Crippen molar-refractivity contribution in [3.8, 4) is 11.5 Å². The van der Waals surface area contributed by atoms with E-state index in [1.807, 2.05) is 6.07 Å². The van der Waals surface area contributed by atoms with Gasteiger partial charge in [-0.25, -0.2) is 14.4 Å². The molecular formula is C28H43NO9S2Si. The van der Waals surface area contributed by atoms with Gasteiger partial charge in [0.1, 0.15) is 30.3 Å². The predicted octanol–water partition coefficient (Wildman–Crippen LogP) is 5.57. The van der Waals surface area contributed by atoms with Crippen LogP contribution in [0.15, 0.2) is 6.07 Å². The molecule has 0 unspecified atom stereocenters. The standard InChI is InChI=1S/C28H43NO9S2Si/c1-10-35-27(32)37-18-11-12-23(39)29-20(25(30)34-7)16-40-15-19-22(38-41(8,9)28(3,4)5)13-21(33-6)17(2)24(19)26(31)36-14-18/h13,18,20H,10-12,14-16H2,1-9H3,(H,29,39)/t18-,20+/m1/s1. The fourth-order valence-corrected chi connectivity index (χ4v) is 6.15. The average Bonchev–Trinajstić information content (AvgIpc) is 2.89. The highest BCUT2D eigenvalue weighted by Gasteiger charge is 2.40. The highest BCUT2D eigenvalue weighted by molar-refractivity contribution is 7.98. The maximum absolute atomic E-state index is 13.7. The Bertz CT molecular complexity index is 1120. The van der Waals surface area contributed by atoms with Gasteiger partial charge in [-0.05, 0) is 38.4 Å². The van der Waals surface area contributed by atoms with Gasteiger partial charge in [0.25, 0.3) is 0 Å². The van der Waals surface area contributed by atoms with E-state index in [4.69, 9.17) is 40.3 Å². The second-order valence-corrected chi connectivity index (χ2v) is 17.4. The van der Waals surface area contributed by atoms with Crippen LogP contribution in [0, 0.1) is 6.92 Å². The summed E-state index contributed by atoms with van der Waals surface area (Å²) in [5, 5.41) is 2.96. The van der Waals surface area contributed by atoms with E-state index < -0.39 is 38.6 Å². The Balaban J connectivity index is 2.63. The van der Waals surface area contributed by atoms with Crippen LogP contribution in [0.2, 0.25) is 18.1 Å². The maximum Gasteiger partial charge on any atom is 0.508 e. The molecule has 0 fully saturated rings. The molecule has 1 aromatic rings. The second kappa shape index (κ2) is 15.1.